The summed E-state index contributed by atoms with van der Waals surface area (Å²) in [6, 6.07) is 9.83. The van der Waals surface area contributed by atoms with Crippen molar-refractivity contribution in [2.24, 2.45) is 0 Å². The van der Waals surface area contributed by atoms with E-state index in [1.54, 1.807) is 0 Å². The Kier molecular flexibility index (Phi) is 5.00. The Morgan fingerprint density at radius 2 is 1.92 bits per heavy atom. The summed E-state index contributed by atoms with van der Waals surface area (Å²) in [6.45, 7) is 4.49. The first kappa shape index (κ1) is 16.3. The fourth-order valence-electron chi connectivity index (χ4n) is 2.63. The third-order valence-electron chi connectivity index (χ3n) is 3.84. The zero-order valence-electron chi connectivity index (χ0n) is 13.7. The molecular weight excluding hydrogens is 322 g/mol. The summed E-state index contributed by atoms with van der Waals surface area (Å²) < 4.78 is 4.37. The predicted molar refractivity (Wildman–Crippen MR) is 96.3 cm³/mol. The first-order valence-corrected chi connectivity index (χ1v) is 8.72. The molecule has 0 bridgehead atoms. The van der Waals surface area contributed by atoms with Crippen molar-refractivity contribution in [3.05, 3.63) is 57.5 Å². The lowest BCUT2D eigenvalue weighted by Crippen LogP contribution is -2.22. The summed E-state index contributed by atoms with van der Waals surface area (Å²) in [5.41, 5.74) is 3.51. The van der Waals surface area contributed by atoms with Crippen LogP contribution in [0, 0.1) is 0 Å². The molecule has 0 unspecified atom stereocenters. The SMILES string of the molecule is CCc1n[nH]c(=O)c(CNc2nc(-c3ccccc3)ns2)c1CC. The highest BCUT2D eigenvalue weighted by atomic mass is 32.1. The van der Waals surface area contributed by atoms with Crippen molar-refractivity contribution in [3.8, 4) is 11.4 Å². The van der Waals surface area contributed by atoms with Gasteiger partial charge in [-0.3, -0.25) is 4.79 Å². The maximum Gasteiger partial charge on any atom is 0.269 e. The van der Waals surface area contributed by atoms with E-state index in [1.165, 1.54) is 11.5 Å². The second-order valence-corrected chi connectivity index (χ2v) is 6.06. The Morgan fingerprint density at radius 3 is 2.62 bits per heavy atom. The van der Waals surface area contributed by atoms with Gasteiger partial charge in [-0.05, 0) is 18.4 Å². The molecule has 0 aliphatic rings. The van der Waals surface area contributed by atoms with E-state index < -0.39 is 0 Å². The minimum atomic E-state index is -0.149. The van der Waals surface area contributed by atoms with Gasteiger partial charge in [-0.1, -0.05) is 44.2 Å². The van der Waals surface area contributed by atoms with Crippen molar-refractivity contribution in [2.45, 2.75) is 33.2 Å². The van der Waals surface area contributed by atoms with E-state index in [0.29, 0.717) is 17.5 Å². The van der Waals surface area contributed by atoms with Crippen molar-refractivity contribution >= 4 is 16.7 Å². The van der Waals surface area contributed by atoms with Crippen LogP contribution in [0.3, 0.4) is 0 Å². The topological polar surface area (TPSA) is 83.6 Å². The second-order valence-electron chi connectivity index (χ2n) is 5.31. The minimum absolute atomic E-state index is 0.149. The third kappa shape index (κ3) is 3.35. The highest BCUT2D eigenvalue weighted by Crippen LogP contribution is 2.21. The molecule has 0 aliphatic carbocycles. The normalized spacial score (nSPS) is 10.8. The number of aromatic nitrogens is 4. The van der Waals surface area contributed by atoms with Crippen molar-refractivity contribution < 1.29 is 0 Å². The van der Waals surface area contributed by atoms with Crippen LogP contribution in [0.25, 0.3) is 11.4 Å². The number of anilines is 1. The first-order chi connectivity index (χ1) is 11.7. The molecule has 2 heterocycles. The van der Waals surface area contributed by atoms with Crippen molar-refractivity contribution in [3.63, 3.8) is 0 Å². The Balaban J connectivity index is 1.80. The van der Waals surface area contributed by atoms with Crippen LogP contribution in [0.5, 0.6) is 0 Å². The second kappa shape index (κ2) is 7.35. The lowest BCUT2D eigenvalue weighted by Gasteiger charge is -2.10. The van der Waals surface area contributed by atoms with E-state index in [9.17, 15) is 4.79 Å². The van der Waals surface area contributed by atoms with Crippen LogP contribution in [0.2, 0.25) is 0 Å². The van der Waals surface area contributed by atoms with Crippen LogP contribution in [0.1, 0.15) is 30.7 Å². The van der Waals surface area contributed by atoms with Gasteiger partial charge in [0.25, 0.3) is 5.56 Å². The van der Waals surface area contributed by atoms with E-state index in [0.717, 1.165) is 35.2 Å². The van der Waals surface area contributed by atoms with Crippen LogP contribution in [-0.4, -0.2) is 19.6 Å². The van der Waals surface area contributed by atoms with E-state index in [4.69, 9.17) is 0 Å². The van der Waals surface area contributed by atoms with Gasteiger partial charge >= 0.3 is 0 Å². The standard InChI is InChI=1S/C17H19N5OS/c1-3-12-13(16(23)21-20-14(12)4-2)10-18-17-19-15(22-24-17)11-8-6-5-7-9-11/h5-9H,3-4,10H2,1-2H3,(H,21,23)(H,18,19,22). The van der Waals surface area contributed by atoms with Gasteiger partial charge in [-0.2, -0.15) is 14.5 Å². The van der Waals surface area contributed by atoms with Gasteiger partial charge in [0, 0.05) is 29.2 Å². The summed E-state index contributed by atoms with van der Waals surface area (Å²) in [5.74, 6) is 0.691. The largest absolute Gasteiger partial charge is 0.356 e. The van der Waals surface area contributed by atoms with Crippen LogP contribution in [0.4, 0.5) is 5.13 Å². The molecule has 0 fully saturated rings. The molecule has 0 atom stereocenters. The molecule has 0 aliphatic heterocycles. The van der Waals surface area contributed by atoms with Gasteiger partial charge in [-0.15, -0.1) is 0 Å². The van der Waals surface area contributed by atoms with Crippen LogP contribution in [0.15, 0.2) is 35.1 Å². The minimum Gasteiger partial charge on any atom is -0.356 e. The van der Waals surface area contributed by atoms with Crippen molar-refractivity contribution in [2.75, 3.05) is 5.32 Å². The van der Waals surface area contributed by atoms with Crippen LogP contribution < -0.4 is 10.9 Å². The maximum atomic E-state index is 12.1. The number of nitrogens with one attached hydrogen (secondary N) is 2. The van der Waals surface area contributed by atoms with Crippen molar-refractivity contribution in [1.29, 1.82) is 0 Å². The third-order valence-corrected chi connectivity index (χ3v) is 4.51. The molecule has 6 nitrogen and oxygen atoms in total. The van der Waals surface area contributed by atoms with E-state index in [-0.39, 0.29) is 5.56 Å². The molecule has 124 valence electrons. The number of aromatic amines is 1. The Morgan fingerprint density at radius 1 is 1.12 bits per heavy atom. The molecule has 0 saturated heterocycles. The number of aryl methyl sites for hydroxylation is 1. The molecule has 0 radical (unpaired) electrons. The molecule has 3 aromatic rings. The van der Waals surface area contributed by atoms with E-state index >= 15 is 0 Å². The molecule has 2 N–H and O–H groups in total. The lowest BCUT2D eigenvalue weighted by atomic mass is 10.0. The molecule has 1 aromatic carbocycles. The van der Waals surface area contributed by atoms with E-state index in [1.807, 2.05) is 44.2 Å². The maximum absolute atomic E-state index is 12.1. The quantitative estimate of drug-likeness (QED) is 0.720. The van der Waals surface area contributed by atoms with Crippen LogP contribution >= 0.6 is 11.5 Å². The average Bonchev–Trinajstić information content (AvgIpc) is 3.10. The molecule has 0 saturated carbocycles. The zero-order chi connectivity index (χ0) is 16.9. The summed E-state index contributed by atoms with van der Waals surface area (Å²) >= 11 is 1.29. The van der Waals surface area contributed by atoms with Gasteiger partial charge in [0.15, 0.2) is 5.82 Å². The Hall–Kier alpha value is -2.54. The van der Waals surface area contributed by atoms with Gasteiger partial charge in [0.1, 0.15) is 0 Å². The molecule has 24 heavy (non-hydrogen) atoms. The summed E-state index contributed by atoms with van der Waals surface area (Å²) in [7, 11) is 0. The summed E-state index contributed by atoms with van der Waals surface area (Å²) in [5, 5.41) is 10.6. The number of nitrogens with zero attached hydrogens (tertiary/aromatic N) is 3. The molecule has 0 spiro atoms. The highest BCUT2D eigenvalue weighted by molar-refractivity contribution is 7.09. The summed E-state index contributed by atoms with van der Waals surface area (Å²) in [6.07, 6.45) is 1.58. The molecule has 3 rings (SSSR count). The van der Waals surface area contributed by atoms with Gasteiger partial charge in [-0.25, -0.2) is 5.10 Å². The fraction of sp³-hybridized carbons (Fsp3) is 0.294. The van der Waals surface area contributed by atoms with Crippen molar-refractivity contribution in [1.82, 2.24) is 19.6 Å². The smallest absolute Gasteiger partial charge is 0.269 e. The Bertz CT molecular complexity index is 872. The van der Waals surface area contributed by atoms with Gasteiger partial charge in [0.2, 0.25) is 5.13 Å². The first-order valence-electron chi connectivity index (χ1n) is 7.95. The average molecular weight is 341 g/mol. The van der Waals surface area contributed by atoms with Gasteiger partial charge < -0.3 is 5.32 Å². The molecule has 0 amide bonds. The monoisotopic (exact) mass is 341 g/mol. The highest BCUT2D eigenvalue weighted by Gasteiger charge is 2.13. The Labute approximate surface area is 144 Å². The number of H-pyrrole nitrogens is 1. The lowest BCUT2D eigenvalue weighted by molar-refractivity contribution is 0.826. The number of benzene rings is 1. The number of hydrogen-bond acceptors (Lipinski definition) is 6. The predicted octanol–water partition coefficient (Wildman–Crippen LogP) is 3.03. The van der Waals surface area contributed by atoms with Gasteiger partial charge in [0.05, 0.1) is 5.69 Å². The molecule has 7 heteroatoms. The van der Waals surface area contributed by atoms with E-state index in [2.05, 4.69) is 24.9 Å². The number of rotatable bonds is 6. The fourth-order valence-corrected chi connectivity index (χ4v) is 3.21. The number of hydrogen-bond donors (Lipinski definition) is 2. The molecule has 2 aromatic heterocycles. The molecular formula is C17H19N5OS. The summed E-state index contributed by atoms with van der Waals surface area (Å²) in [4.78, 5) is 16.6. The zero-order valence-corrected chi connectivity index (χ0v) is 14.5. The van der Waals surface area contributed by atoms with Crippen LogP contribution in [-0.2, 0) is 19.4 Å².